The number of benzene rings is 5. The SMILES string of the molecule is NCCNC(=O)OC1C[C@H]2C(=O)N[C@@H](c3ccccc3)C(=O)N[C@H](Cc3c[nH]c4ccccc34)C(=O)N[C@@H](CC3CCNCC3)C(=O)N[C@@H](Cc3ccc(OCc4ccccc4)cc3)C(=O)N[C@@H](Cc3ccc(Cl)cc3)C(=O)N2C1. The fourth-order valence-corrected chi connectivity index (χ4v) is 10.7. The highest BCUT2D eigenvalue weighted by atomic mass is 35.5. The lowest BCUT2D eigenvalue weighted by Gasteiger charge is -2.32. The van der Waals surface area contributed by atoms with E-state index < -0.39 is 83.9 Å². The van der Waals surface area contributed by atoms with Crippen molar-refractivity contribution in [2.45, 2.75) is 93.9 Å². The third-order valence-electron chi connectivity index (χ3n) is 14.8. The minimum atomic E-state index is -1.42. The number of carbonyl (C=O) groups is 7. The van der Waals surface area contributed by atoms with Crippen LogP contribution in [0.4, 0.5) is 4.79 Å². The number of piperidine rings is 1. The second kappa shape index (κ2) is 27.1. The van der Waals surface area contributed by atoms with Gasteiger partial charge in [-0.15, -0.1) is 0 Å². The van der Waals surface area contributed by atoms with E-state index in [1.165, 1.54) is 4.90 Å². The predicted molar refractivity (Wildman–Crippen MR) is 301 cm³/mol. The van der Waals surface area contributed by atoms with Crippen LogP contribution in [0.3, 0.4) is 0 Å². The molecule has 1 aromatic heterocycles. The van der Waals surface area contributed by atoms with Crippen molar-refractivity contribution in [3.8, 4) is 5.75 Å². The summed E-state index contributed by atoms with van der Waals surface area (Å²) in [5.74, 6) is -3.71. The smallest absolute Gasteiger partial charge is 0.407 e. The second-order valence-electron chi connectivity index (χ2n) is 20.5. The Kier molecular flexibility index (Phi) is 19.1. The maximum atomic E-state index is 15.4. The first-order valence-corrected chi connectivity index (χ1v) is 27.5. The van der Waals surface area contributed by atoms with Crippen molar-refractivity contribution < 1.29 is 43.0 Å². The van der Waals surface area contributed by atoms with Crippen molar-refractivity contribution in [3.63, 3.8) is 0 Å². The van der Waals surface area contributed by atoms with Crippen molar-refractivity contribution in [1.82, 2.24) is 47.1 Å². The van der Waals surface area contributed by atoms with Gasteiger partial charge in [-0.2, -0.15) is 0 Å². The van der Waals surface area contributed by atoms with Crippen molar-refractivity contribution in [2.24, 2.45) is 11.7 Å². The standard InChI is InChI=1S/C60H67ClN10O9/c61-43-19-15-37(16-20-43)31-51-59(77)71-35-45(80-60(78)64-28-25-62)33-52(71)57(75)70-53(41-11-5-2-6-12-41)58(76)68-50(32-42-34-65-47-14-8-7-13-46(42)47)56(74)67-49(30-39-23-26-63-27-24-39)54(72)66-48(55(73)69-51)29-38-17-21-44(22-18-38)79-36-40-9-3-1-4-10-40/h1-22,34,39,45,48-53,63,65H,23-33,35-36,62H2,(H,64,78)(H,66,72)(H,67,74)(H,68,76)(H,69,73)(H,70,75)/t45?,48-,49-,50+,51-,52-,53-/m0/s1. The van der Waals surface area contributed by atoms with Gasteiger partial charge in [-0.1, -0.05) is 115 Å². The predicted octanol–water partition coefficient (Wildman–Crippen LogP) is 4.28. The first kappa shape index (κ1) is 56.5. The number of alkyl carbamates (subject to hydrolysis) is 1. The number of para-hydroxylation sites is 1. The minimum Gasteiger partial charge on any atom is -0.489 e. The summed E-state index contributed by atoms with van der Waals surface area (Å²) in [6, 6.07) is 31.5. The maximum Gasteiger partial charge on any atom is 0.407 e. The van der Waals surface area contributed by atoms with Gasteiger partial charge < -0.3 is 62.3 Å². The molecule has 0 saturated carbocycles. The summed E-state index contributed by atoms with van der Waals surface area (Å²) in [6.45, 7) is 1.68. The van der Waals surface area contributed by atoms with Gasteiger partial charge in [-0.25, -0.2) is 4.79 Å². The molecule has 3 fully saturated rings. The summed E-state index contributed by atoms with van der Waals surface area (Å²) in [6.07, 6.45) is 1.19. The average Bonchev–Trinajstić information content (AvgIpc) is 4.11. The Bertz CT molecular complexity index is 3100. The van der Waals surface area contributed by atoms with Crippen LogP contribution in [0.25, 0.3) is 10.9 Å². The quantitative estimate of drug-likeness (QED) is 0.0701. The lowest BCUT2D eigenvalue weighted by Crippen LogP contribution is -2.61. The Morgan fingerprint density at radius 1 is 0.637 bits per heavy atom. The maximum absolute atomic E-state index is 15.4. The number of aromatic amines is 1. The van der Waals surface area contributed by atoms with Crippen molar-refractivity contribution in [3.05, 3.63) is 172 Å². The molecule has 418 valence electrons. The van der Waals surface area contributed by atoms with E-state index in [-0.39, 0.29) is 57.7 Å². The lowest BCUT2D eigenvalue weighted by molar-refractivity contribution is -0.143. The number of nitrogens with one attached hydrogen (secondary N) is 8. The number of fused-ring (bicyclic) bond motifs is 2. The van der Waals surface area contributed by atoms with E-state index in [0.717, 1.165) is 16.5 Å². The molecule has 3 aliphatic heterocycles. The molecule has 0 spiro atoms. The van der Waals surface area contributed by atoms with Gasteiger partial charge in [-0.3, -0.25) is 28.8 Å². The molecule has 6 aromatic rings. The van der Waals surface area contributed by atoms with Crippen LogP contribution in [-0.2, 0) is 59.4 Å². The number of rotatable bonds is 15. The van der Waals surface area contributed by atoms with Crippen LogP contribution < -0.4 is 47.7 Å². The molecule has 4 heterocycles. The van der Waals surface area contributed by atoms with Crippen LogP contribution in [0.2, 0.25) is 5.02 Å². The van der Waals surface area contributed by atoms with E-state index in [0.29, 0.717) is 65.6 Å². The number of hydrogen-bond acceptors (Lipinski definition) is 11. The Morgan fingerprint density at radius 3 is 1.95 bits per heavy atom. The number of H-pyrrole nitrogens is 1. The zero-order valence-electron chi connectivity index (χ0n) is 44.2. The van der Waals surface area contributed by atoms with Crippen LogP contribution in [0.15, 0.2) is 140 Å². The van der Waals surface area contributed by atoms with Crippen molar-refractivity contribution >= 4 is 64.0 Å². The molecule has 1 unspecified atom stereocenters. The molecule has 0 radical (unpaired) electrons. The van der Waals surface area contributed by atoms with Crippen LogP contribution >= 0.6 is 11.6 Å². The molecule has 9 rings (SSSR count). The fraction of sp³-hybridized carbons (Fsp3) is 0.350. The molecule has 80 heavy (non-hydrogen) atoms. The fourth-order valence-electron chi connectivity index (χ4n) is 10.6. The molecule has 0 bridgehead atoms. The molecule has 10 N–H and O–H groups in total. The Hall–Kier alpha value is -8.26. The molecule has 7 amide bonds. The first-order chi connectivity index (χ1) is 38.9. The van der Waals surface area contributed by atoms with Gasteiger partial charge in [0, 0.05) is 60.9 Å². The normalized spacial score (nSPS) is 22.6. The van der Waals surface area contributed by atoms with Gasteiger partial charge in [0.1, 0.15) is 54.7 Å². The zero-order chi connectivity index (χ0) is 56.0. The van der Waals surface area contributed by atoms with Crippen LogP contribution in [0, 0.1) is 5.92 Å². The number of aromatic nitrogens is 1. The molecule has 0 aliphatic carbocycles. The first-order valence-electron chi connectivity index (χ1n) is 27.1. The van der Waals surface area contributed by atoms with Gasteiger partial charge in [0.15, 0.2) is 0 Å². The van der Waals surface area contributed by atoms with Crippen molar-refractivity contribution in [1.29, 1.82) is 0 Å². The van der Waals surface area contributed by atoms with E-state index in [2.05, 4.69) is 42.2 Å². The topological polar surface area (TPSA) is 267 Å². The highest BCUT2D eigenvalue weighted by Crippen LogP contribution is 2.27. The molecule has 3 aliphatic rings. The average molecular weight is 1110 g/mol. The molecule has 20 heteroatoms. The van der Waals surface area contributed by atoms with E-state index >= 15 is 28.8 Å². The number of carbonyl (C=O) groups excluding carboxylic acids is 7. The number of nitrogens with two attached hydrogens (primary N) is 1. The van der Waals surface area contributed by atoms with E-state index in [4.69, 9.17) is 26.8 Å². The highest BCUT2D eigenvalue weighted by molar-refractivity contribution is 6.30. The summed E-state index contributed by atoms with van der Waals surface area (Å²) in [5.41, 5.74) is 9.72. The van der Waals surface area contributed by atoms with Gasteiger partial charge in [0.05, 0.1) is 6.54 Å². The summed E-state index contributed by atoms with van der Waals surface area (Å²) in [5, 5.41) is 21.9. The van der Waals surface area contributed by atoms with Gasteiger partial charge in [0.25, 0.3) is 0 Å². The second-order valence-corrected chi connectivity index (χ2v) is 21.0. The summed E-state index contributed by atoms with van der Waals surface area (Å²) in [7, 11) is 0. The van der Waals surface area contributed by atoms with Crippen LogP contribution in [0.5, 0.6) is 5.75 Å². The van der Waals surface area contributed by atoms with Crippen LogP contribution in [-0.4, -0.2) is 120 Å². The molecule has 5 aromatic carbocycles. The number of hydrogen-bond donors (Lipinski definition) is 9. The van der Waals surface area contributed by atoms with Gasteiger partial charge in [0.2, 0.25) is 35.4 Å². The highest BCUT2D eigenvalue weighted by Gasteiger charge is 2.45. The number of ether oxygens (including phenoxy) is 2. The Labute approximate surface area is 468 Å². The molecule has 7 atom stereocenters. The largest absolute Gasteiger partial charge is 0.489 e. The van der Waals surface area contributed by atoms with Gasteiger partial charge in [-0.05, 0) is 96.4 Å². The minimum absolute atomic E-state index is 0.00507. The monoisotopic (exact) mass is 1110 g/mol. The molecular formula is C60H67ClN10O9. The third kappa shape index (κ3) is 14.9. The third-order valence-corrected chi connectivity index (χ3v) is 15.1. The summed E-state index contributed by atoms with van der Waals surface area (Å²) in [4.78, 5) is 109. The molecular weight excluding hydrogens is 1040 g/mol. The number of amides is 7. The zero-order valence-corrected chi connectivity index (χ0v) is 44.9. The molecule has 19 nitrogen and oxygen atoms in total. The van der Waals surface area contributed by atoms with E-state index in [1.54, 1.807) is 85.1 Å². The Balaban J connectivity index is 1.12. The van der Waals surface area contributed by atoms with E-state index in [1.807, 2.05) is 54.6 Å². The number of halogens is 1. The van der Waals surface area contributed by atoms with Crippen LogP contribution in [0.1, 0.15) is 59.5 Å². The van der Waals surface area contributed by atoms with Gasteiger partial charge >= 0.3 is 6.09 Å². The molecule has 3 saturated heterocycles. The van der Waals surface area contributed by atoms with Crippen molar-refractivity contribution in [2.75, 3.05) is 32.7 Å². The van der Waals surface area contributed by atoms with E-state index in [9.17, 15) is 4.79 Å². The summed E-state index contributed by atoms with van der Waals surface area (Å²) >= 11 is 6.31. The lowest BCUT2D eigenvalue weighted by atomic mass is 9.90. The Morgan fingerprint density at radius 2 is 1.24 bits per heavy atom. The summed E-state index contributed by atoms with van der Waals surface area (Å²) < 4.78 is 11.8. The number of nitrogens with zero attached hydrogens (tertiary/aromatic N) is 1.